The second kappa shape index (κ2) is 4.68. The average molecular weight is 284 g/mol. The van der Waals surface area contributed by atoms with Crippen LogP contribution < -0.4 is 9.47 Å². The minimum absolute atomic E-state index is 0.310. The van der Waals surface area contributed by atoms with Gasteiger partial charge in [0.25, 0.3) is 0 Å². The second-order valence-corrected chi connectivity index (χ2v) is 4.26. The van der Waals surface area contributed by atoms with Gasteiger partial charge < -0.3 is 9.47 Å². The van der Waals surface area contributed by atoms with Crippen LogP contribution in [0.4, 0.5) is 0 Å². The van der Waals surface area contributed by atoms with Gasteiger partial charge >= 0.3 is 0 Å². The van der Waals surface area contributed by atoms with Crippen molar-refractivity contribution in [3.63, 3.8) is 0 Å². The lowest BCUT2D eigenvalue weighted by Gasteiger charge is -2.22. The number of isocyanates is 1. The van der Waals surface area contributed by atoms with E-state index in [1.165, 1.54) is 6.08 Å². The minimum Gasteiger partial charge on any atom is -0.486 e. The van der Waals surface area contributed by atoms with Crippen molar-refractivity contribution in [2.45, 2.75) is 13.5 Å². The van der Waals surface area contributed by atoms with Gasteiger partial charge in [0.15, 0.2) is 11.5 Å². The third kappa shape index (κ3) is 1.96. The van der Waals surface area contributed by atoms with E-state index < -0.39 is 0 Å². The first-order valence-electron chi connectivity index (χ1n) is 4.85. The smallest absolute Gasteiger partial charge is 0.235 e. The molecule has 1 aromatic carbocycles. The van der Waals surface area contributed by atoms with Gasteiger partial charge in [0.2, 0.25) is 6.08 Å². The number of hydrogen-bond acceptors (Lipinski definition) is 4. The van der Waals surface area contributed by atoms with Crippen molar-refractivity contribution >= 4 is 22.0 Å². The maximum absolute atomic E-state index is 10.1. The quantitative estimate of drug-likeness (QED) is 0.618. The van der Waals surface area contributed by atoms with Crippen LogP contribution in [0.2, 0.25) is 0 Å². The zero-order chi connectivity index (χ0) is 11.5. The predicted molar refractivity (Wildman–Crippen MR) is 61.7 cm³/mol. The van der Waals surface area contributed by atoms with Gasteiger partial charge in [-0.15, -0.1) is 0 Å². The number of nitrogens with zero attached hydrogens (tertiary/aromatic N) is 1. The van der Waals surface area contributed by atoms with Gasteiger partial charge in [-0.05, 0) is 34.5 Å². The summed E-state index contributed by atoms with van der Waals surface area (Å²) in [6.07, 6.45) is 1.53. The van der Waals surface area contributed by atoms with Crippen LogP contribution in [0, 0.1) is 6.92 Å². The minimum atomic E-state index is 0.310. The van der Waals surface area contributed by atoms with E-state index in [4.69, 9.17) is 9.47 Å². The van der Waals surface area contributed by atoms with E-state index in [1.807, 2.05) is 13.0 Å². The highest BCUT2D eigenvalue weighted by molar-refractivity contribution is 9.10. The van der Waals surface area contributed by atoms with Gasteiger partial charge in [-0.1, -0.05) is 0 Å². The molecule has 2 rings (SSSR count). The molecule has 0 aromatic heterocycles. The summed E-state index contributed by atoms with van der Waals surface area (Å²) < 4.78 is 11.9. The summed E-state index contributed by atoms with van der Waals surface area (Å²) in [5.41, 5.74) is 1.89. The summed E-state index contributed by atoms with van der Waals surface area (Å²) in [6, 6.07) is 1.89. The summed E-state index contributed by atoms with van der Waals surface area (Å²) in [7, 11) is 0. The molecule has 0 unspecified atom stereocenters. The average Bonchev–Trinajstić information content (AvgIpc) is 2.32. The van der Waals surface area contributed by atoms with E-state index in [0.717, 1.165) is 27.1 Å². The first kappa shape index (κ1) is 11.2. The van der Waals surface area contributed by atoms with Crippen LogP contribution in [0.15, 0.2) is 15.5 Å². The van der Waals surface area contributed by atoms with Crippen molar-refractivity contribution in [1.82, 2.24) is 0 Å². The van der Waals surface area contributed by atoms with Crippen molar-refractivity contribution in [2.75, 3.05) is 13.2 Å². The normalized spacial score (nSPS) is 13.1. The zero-order valence-electron chi connectivity index (χ0n) is 8.75. The Balaban J connectivity index is 2.48. The molecule has 1 heterocycles. The molecule has 0 aliphatic carbocycles. The maximum atomic E-state index is 10.1. The number of fused-ring (bicyclic) bond motifs is 1. The summed E-state index contributed by atoms with van der Waals surface area (Å²) in [4.78, 5) is 13.7. The van der Waals surface area contributed by atoms with Gasteiger partial charge in [0, 0.05) is 5.56 Å². The molecule has 0 spiro atoms. The first-order chi connectivity index (χ1) is 7.74. The molecule has 0 N–H and O–H groups in total. The van der Waals surface area contributed by atoms with Crippen LogP contribution >= 0.6 is 15.9 Å². The van der Waals surface area contributed by atoms with E-state index >= 15 is 0 Å². The largest absolute Gasteiger partial charge is 0.486 e. The molecule has 16 heavy (non-hydrogen) atoms. The highest BCUT2D eigenvalue weighted by Crippen LogP contribution is 2.41. The van der Waals surface area contributed by atoms with E-state index in [2.05, 4.69) is 20.9 Å². The Morgan fingerprint density at radius 2 is 2.12 bits per heavy atom. The van der Waals surface area contributed by atoms with E-state index in [-0.39, 0.29) is 0 Å². The number of benzene rings is 1. The molecule has 1 aromatic rings. The molecule has 0 fully saturated rings. The fourth-order valence-electron chi connectivity index (χ4n) is 1.63. The van der Waals surface area contributed by atoms with Gasteiger partial charge in [-0.3, -0.25) is 0 Å². The summed E-state index contributed by atoms with van der Waals surface area (Å²) >= 11 is 3.41. The Labute approximate surface area is 101 Å². The highest BCUT2D eigenvalue weighted by Gasteiger charge is 2.20. The molecule has 0 amide bonds. The van der Waals surface area contributed by atoms with Crippen molar-refractivity contribution < 1.29 is 14.3 Å². The van der Waals surface area contributed by atoms with Gasteiger partial charge in [-0.2, -0.15) is 0 Å². The lowest BCUT2D eigenvalue weighted by molar-refractivity contribution is 0.169. The Morgan fingerprint density at radius 3 is 2.81 bits per heavy atom. The van der Waals surface area contributed by atoms with Crippen LogP contribution in [0.3, 0.4) is 0 Å². The summed E-state index contributed by atoms with van der Waals surface area (Å²) in [5.74, 6) is 1.46. The lowest BCUT2D eigenvalue weighted by atomic mass is 10.1. The van der Waals surface area contributed by atoms with Crippen molar-refractivity contribution in [1.29, 1.82) is 0 Å². The van der Waals surface area contributed by atoms with Gasteiger partial charge in [-0.25, -0.2) is 9.79 Å². The van der Waals surface area contributed by atoms with E-state index in [0.29, 0.717) is 19.8 Å². The van der Waals surface area contributed by atoms with Crippen LogP contribution in [-0.2, 0) is 11.3 Å². The molecular weight excluding hydrogens is 274 g/mol. The molecule has 0 bridgehead atoms. The Bertz CT molecular complexity index is 467. The number of ether oxygens (including phenoxy) is 2. The maximum Gasteiger partial charge on any atom is 0.235 e. The van der Waals surface area contributed by atoms with Crippen LogP contribution in [-0.4, -0.2) is 19.3 Å². The first-order valence-corrected chi connectivity index (χ1v) is 5.64. The molecular formula is C11H10BrNO3. The SMILES string of the molecule is Cc1c(CN=C=O)cc(Br)c2c1OCCO2. The topological polar surface area (TPSA) is 47.9 Å². The molecule has 0 saturated carbocycles. The van der Waals surface area contributed by atoms with Gasteiger partial charge in [0.05, 0.1) is 11.0 Å². The van der Waals surface area contributed by atoms with Gasteiger partial charge in [0.1, 0.15) is 13.2 Å². The number of hydrogen-bond donors (Lipinski definition) is 0. The molecule has 5 heteroatoms. The molecule has 84 valence electrons. The lowest BCUT2D eigenvalue weighted by Crippen LogP contribution is -2.17. The number of rotatable bonds is 2. The standard InChI is InChI=1S/C11H10BrNO3/c1-7-8(5-13-6-14)4-9(12)11-10(7)15-2-3-16-11/h4H,2-3,5H2,1H3. The fourth-order valence-corrected chi connectivity index (χ4v) is 2.20. The molecule has 1 aliphatic heterocycles. The number of aliphatic imine (C=N–C) groups is 1. The van der Waals surface area contributed by atoms with Crippen LogP contribution in [0.1, 0.15) is 11.1 Å². The second-order valence-electron chi connectivity index (χ2n) is 3.41. The Kier molecular flexibility index (Phi) is 3.27. The van der Waals surface area contributed by atoms with Crippen LogP contribution in [0.25, 0.3) is 0 Å². The third-order valence-electron chi connectivity index (χ3n) is 2.44. The molecule has 1 aliphatic rings. The molecule has 0 radical (unpaired) electrons. The van der Waals surface area contributed by atoms with Crippen molar-refractivity contribution in [3.8, 4) is 11.5 Å². The monoisotopic (exact) mass is 283 g/mol. The highest BCUT2D eigenvalue weighted by atomic mass is 79.9. The van der Waals surface area contributed by atoms with E-state index in [9.17, 15) is 4.79 Å². The molecule has 4 nitrogen and oxygen atoms in total. The summed E-state index contributed by atoms with van der Waals surface area (Å²) in [6.45, 7) is 3.33. The molecule has 0 atom stereocenters. The molecule has 0 saturated heterocycles. The van der Waals surface area contributed by atoms with Crippen molar-refractivity contribution in [3.05, 3.63) is 21.7 Å². The Hall–Kier alpha value is -1.32. The van der Waals surface area contributed by atoms with Crippen LogP contribution in [0.5, 0.6) is 11.5 Å². The predicted octanol–water partition coefficient (Wildman–Crippen LogP) is 2.36. The number of carbonyl (C=O) groups excluding carboxylic acids is 1. The Morgan fingerprint density at radius 1 is 1.44 bits per heavy atom. The van der Waals surface area contributed by atoms with Crippen molar-refractivity contribution in [2.24, 2.45) is 4.99 Å². The summed E-state index contributed by atoms with van der Waals surface area (Å²) in [5, 5.41) is 0. The number of halogens is 1. The van der Waals surface area contributed by atoms with E-state index in [1.54, 1.807) is 0 Å². The zero-order valence-corrected chi connectivity index (χ0v) is 10.3. The fraction of sp³-hybridized carbons (Fsp3) is 0.364. The third-order valence-corrected chi connectivity index (χ3v) is 3.03.